The van der Waals surface area contributed by atoms with Gasteiger partial charge in [-0.1, -0.05) is 77.7 Å². The monoisotopic (exact) mass is 547 g/mol. The molecule has 206 valence electrons. The molecule has 0 atom stereocenters. The highest BCUT2D eigenvalue weighted by molar-refractivity contribution is 6.11. The van der Waals surface area contributed by atoms with Gasteiger partial charge in [0.2, 0.25) is 17.5 Å². The predicted molar refractivity (Wildman–Crippen MR) is 156 cm³/mol. The number of nitrogens with zero attached hydrogens (tertiary/aromatic N) is 5. The summed E-state index contributed by atoms with van der Waals surface area (Å²) in [7, 11) is 0. The Morgan fingerprint density at radius 1 is 0.732 bits per heavy atom. The van der Waals surface area contributed by atoms with Crippen LogP contribution in [0.5, 0.6) is 11.8 Å². The van der Waals surface area contributed by atoms with Crippen molar-refractivity contribution in [1.29, 1.82) is 0 Å². The average Bonchev–Trinajstić information content (AvgIpc) is 3.03. The van der Waals surface area contributed by atoms with Crippen molar-refractivity contribution in [2.45, 2.75) is 20.8 Å². The minimum Gasteiger partial charge on any atom is -0.464 e. The molecule has 2 aromatic carbocycles. The van der Waals surface area contributed by atoms with E-state index in [2.05, 4.69) is 48.8 Å². The van der Waals surface area contributed by atoms with Gasteiger partial charge < -0.3 is 14.3 Å². The summed E-state index contributed by atoms with van der Waals surface area (Å²) in [6.45, 7) is 6.38. The van der Waals surface area contributed by atoms with Crippen molar-refractivity contribution >= 4 is 11.5 Å². The van der Waals surface area contributed by atoms with E-state index >= 15 is 0 Å². The lowest BCUT2D eigenvalue weighted by Gasteiger charge is -2.07. The highest BCUT2D eigenvalue weighted by atomic mass is 16.6. The third-order valence-electron chi connectivity index (χ3n) is 5.07. The third-order valence-corrected chi connectivity index (χ3v) is 5.07. The summed E-state index contributed by atoms with van der Waals surface area (Å²) >= 11 is 0. The smallest absolute Gasteiger partial charge is 0.218 e. The third kappa shape index (κ3) is 9.93. The van der Waals surface area contributed by atoms with Crippen LogP contribution in [0.25, 0.3) is 0 Å². The fraction of sp³-hybridized carbons (Fsp3) is 0.188. The molecule has 0 spiro atoms. The van der Waals surface area contributed by atoms with Crippen LogP contribution in [-0.4, -0.2) is 51.3 Å². The lowest BCUT2D eigenvalue weighted by molar-refractivity contribution is 0.103. The Morgan fingerprint density at radius 3 is 1.78 bits per heavy atom. The predicted octanol–water partition coefficient (Wildman–Crippen LogP) is 4.78. The Bertz CT molecular complexity index is 1550. The summed E-state index contributed by atoms with van der Waals surface area (Å²) in [6.07, 6.45) is 2.75. The zero-order valence-electron chi connectivity index (χ0n) is 23.1. The molecular weight excluding hydrogens is 518 g/mol. The molecular formula is C32H29N5O4. The second-order valence-corrected chi connectivity index (χ2v) is 7.83. The summed E-state index contributed by atoms with van der Waals surface area (Å²) in [4.78, 5) is 33.6. The van der Waals surface area contributed by atoms with Gasteiger partial charge >= 0.3 is 0 Å². The highest BCUT2D eigenvalue weighted by Crippen LogP contribution is 2.14. The van der Waals surface area contributed by atoms with Crippen molar-refractivity contribution in [3.05, 3.63) is 108 Å². The van der Waals surface area contributed by atoms with Crippen molar-refractivity contribution in [3.8, 4) is 35.4 Å². The van der Waals surface area contributed by atoms with Crippen LogP contribution < -0.4 is 9.47 Å². The van der Waals surface area contributed by atoms with Crippen molar-refractivity contribution in [3.63, 3.8) is 0 Å². The van der Waals surface area contributed by atoms with Gasteiger partial charge in [-0.15, -0.1) is 11.8 Å². The largest absolute Gasteiger partial charge is 0.464 e. The molecule has 0 N–H and O–H groups in total. The summed E-state index contributed by atoms with van der Waals surface area (Å²) in [6, 6.07) is 21.9. The van der Waals surface area contributed by atoms with E-state index in [1.165, 1.54) is 18.7 Å². The first kappa shape index (κ1) is 30.0. The first-order chi connectivity index (χ1) is 20.2. The van der Waals surface area contributed by atoms with E-state index < -0.39 is 0 Å². The van der Waals surface area contributed by atoms with Gasteiger partial charge in [-0.2, -0.15) is 0 Å². The number of carbonyl (C=O) groups excluding carboxylic acids is 1. The molecule has 4 rings (SSSR count). The number of aromatic nitrogens is 4. The van der Waals surface area contributed by atoms with Crippen molar-refractivity contribution in [2.24, 2.45) is 5.16 Å². The minimum atomic E-state index is -0.158. The topological polar surface area (TPSA) is 109 Å². The number of carbonyl (C=O) groups is 1. The molecule has 0 saturated heterocycles. The fourth-order valence-electron chi connectivity index (χ4n) is 3.16. The van der Waals surface area contributed by atoms with Crippen LogP contribution in [0.2, 0.25) is 0 Å². The maximum absolute atomic E-state index is 12.2. The second kappa shape index (κ2) is 17.1. The Labute approximate surface area is 239 Å². The standard InChI is InChI=1S/C17H17N3O2.C15H12N2O2/c1-3-5-11-21-16-12-15(18-13-19-16)17(20-22-4-2)14-9-7-6-8-10-14;1-2-3-9-19-14-10-13(16-11-17-14)15(18)12-7-5-4-6-8-12/h6-10,12-13H,4,11H2,1-2H3;4-8,10-11H,9H2,1H3. The summed E-state index contributed by atoms with van der Waals surface area (Å²) in [5, 5.41) is 4.16. The van der Waals surface area contributed by atoms with Crippen molar-refractivity contribution in [2.75, 3.05) is 19.8 Å². The molecule has 41 heavy (non-hydrogen) atoms. The molecule has 0 amide bonds. The van der Waals surface area contributed by atoms with Gasteiger partial charge in [0.25, 0.3) is 0 Å². The molecule has 4 aromatic rings. The van der Waals surface area contributed by atoms with E-state index in [0.717, 1.165) is 5.56 Å². The van der Waals surface area contributed by atoms with Crippen LogP contribution in [0.1, 0.15) is 48.1 Å². The number of hydrogen-bond acceptors (Lipinski definition) is 9. The average molecular weight is 548 g/mol. The first-order valence-electron chi connectivity index (χ1n) is 12.7. The molecule has 9 heteroatoms. The normalized spacial score (nSPS) is 9.98. The van der Waals surface area contributed by atoms with Gasteiger partial charge in [0.05, 0.1) is 5.69 Å². The van der Waals surface area contributed by atoms with E-state index in [4.69, 9.17) is 14.3 Å². The molecule has 0 unspecified atom stereocenters. The SMILES string of the molecule is CC#CCOc1cc(C(=NOCC)c2ccccc2)ncn1.CC#CCOc1cc(C(=O)c2ccccc2)ncn1. The Hall–Kier alpha value is -5.54. The fourth-order valence-corrected chi connectivity index (χ4v) is 3.16. The van der Waals surface area contributed by atoms with E-state index in [0.29, 0.717) is 41.0 Å². The van der Waals surface area contributed by atoms with Gasteiger partial charge in [-0.25, -0.2) is 19.9 Å². The molecule has 9 nitrogen and oxygen atoms in total. The molecule has 0 saturated carbocycles. The molecule has 0 radical (unpaired) electrons. The Kier molecular flexibility index (Phi) is 12.5. The number of oxime groups is 1. The highest BCUT2D eigenvalue weighted by Gasteiger charge is 2.12. The lowest BCUT2D eigenvalue weighted by atomic mass is 10.1. The minimum absolute atomic E-state index is 0.158. The summed E-state index contributed by atoms with van der Waals surface area (Å²) in [5.41, 5.74) is 3.07. The zero-order chi connectivity index (χ0) is 29.1. The Morgan fingerprint density at radius 2 is 1.24 bits per heavy atom. The summed E-state index contributed by atoms with van der Waals surface area (Å²) < 4.78 is 10.8. The van der Waals surface area contributed by atoms with Crippen molar-refractivity contribution < 1.29 is 19.1 Å². The Balaban J connectivity index is 0.000000228. The summed E-state index contributed by atoms with van der Waals surface area (Å²) in [5.74, 6) is 11.7. The number of hydrogen-bond donors (Lipinski definition) is 0. The molecule has 0 bridgehead atoms. The van der Waals surface area contributed by atoms with Crippen LogP contribution in [0, 0.1) is 23.7 Å². The molecule has 0 fully saturated rings. The maximum atomic E-state index is 12.2. The quantitative estimate of drug-likeness (QED) is 0.121. The first-order valence-corrected chi connectivity index (χ1v) is 12.7. The molecule has 2 heterocycles. The van der Waals surface area contributed by atoms with Gasteiger partial charge in [-0.3, -0.25) is 4.79 Å². The van der Waals surface area contributed by atoms with Gasteiger partial charge in [-0.05, 0) is 20.8 Å². The lowest BCUT2D eigenvalue weighted by Crippen LogP contribution is -2.08. The van der Waals surface area contributed by atoms with Crippen LogP contribution in [0.4, 0.5) is 0 Å². The van der Waals surface area contributed by atoms with E-state index in [9.17, 15) is 4.79 Å². The zero-order valence-corrected chi connectivity index (χ0v) is 23.1. The maximum Gasteiger partial charge on any atom is 0.218 e. The second-order valence-electron chi connectivity index (χ2n) is 7.83. The van der Waals surface area contributed by atoms with Crippen LogP contribution >= 0.6 is 0 Å². The van der Waals surface area contributed by atoms with Crippen LogP contribution in [-0.2, 0) is 4.84 Å². The van der Waals surface area contributed by atoms with Gasteiger partial charge in [0.15, 0.2) is 13.2 Å². The van der Waals surface area contributed by atoms with Crippen molar-refractivity contribution in [1.82, 2.24) is 19.9 Å². The molecule has 0 aliphatic rings. The van der Waals surface area contributed by atoms with Gasteiger partial charge in [0, 0.05) is 23.3 Å². The number of rotatable bonds is 10. The molecule has 2 aromatic heterocycles. The van der Waals surface area contributed by atoms with Gasteiger partial charge in [0.1, 0.15) is 30.7 Å². The van der Waals surface area contributed by atoms with Crippen LogP contribution in [0.15, 0.2) is 90.6 Å². The van der Waals surface area contributed by atoms with E-state index in [-0.39, 0.29) is 19.0 Å². The molecule has 0 aliphatic heterocycles. The number of ketones is 1. The number of benzene rings is 2. The molecule has 0 aliphatic carbocycles. The van der Waals surface area contributed by atoms with E-state index in [1.807, 2.05) is 55.5 Å². The van der Waals surface area contributed by atoms with E-state index in [1.54, 1.807) is 32.0 Å². The number of ether oxygens (including phenoxy) is 2. The van der Waals surface area contributed by atoms with Crippen LogP contribution in [0.3, 0.4) is 0 Å².